The van der Waals surface area contributed by atoms with Crippen molar-refractivity contribution in [3.63, 3.8) is 0 Å². The van der Waals surface area contributed by atoms with Crippen molar-refractivity contribution in [2.24, 2.45) is 0 Å². The lowest BCUT2D eigenvalue weighted by atomic mass is 10.3. The minimum absolute atomic E-state index is 0.0833. The number of hydrogen-bond donors (Lipinski definition) is 2. The molecule has 1 unspecified atom stereocenters. The van der Waals surface area contributed by atoms with Gasteiger partial charge >= 0.3 is 6.18 Å². The van der Waals surface area contributed by atoms with E-state index in [9.17, 15) is 22.8 Å². The summed E-state index contributed by atoms with van der Waals surface area (Å²) in [7, 11) is 0. The molecule has 7 nitrogen and oxygen atoms in total. The number of para-hydroxylation sites is 2. The predicted molar refractivity (Wildman–Crippen MR) is 98.4 cm³/mol. The van der Waals surface area contributed by atoms with Crippen LogP contribution in [0.2, 0.25) is 0 Å². The Morgan fingerprint density at radius 1 is 1.29 bits per heavy atom. The molecule has 28 heavy (non-hydrogen) atoms. The Labute approximate surface area is 163 Å². The maximum Gasteiger partial charge on any atom is 0.422 e. The number of nitrogens with one attached hydrogen (secondary N) is 2. The highest BCUT2D eigenvalue weighted by Crippen LogP contribution is 2.26. The Hall–Kier alpha value is -2.69. The molecular formula is C17H18F3N3O4S. The Balaban J connectivity index is 1.84. The van der Waals surface area contributed by atoms with Crippen LogP contribution >= 0.6 is 11.8 Å². The van der Waals surface area contributed by atoms with Crippen LogP contribution in [0.15, 0.2) is 34.9 Å². The number of carbonyl (C=O) groups is 2. The van der Waals surface area contributed by atoms with Crippen molar-refractivity contribution in [3.8, 4) is 5.75 Å². The summed E-state index contributed by atoms with van der Waals surface area (Å²) in [4.78, 5) is 24.1. The summed E-state index contributed by atoms with van der Waals surface area (Å²) in [5, 5.41) is 8.11. The van der Waals surface area contributed by atoms with Crippen LogP contribution in [0.1, 0.15) is 12.7 Å². The fourth-order valence-corrected chi connectivity index (χ4v) is 2.66. The largest absolute Gasteiger partial charge is 0.482 e. The Kier molecular flexibility index (Phi) is 7.32. The SMILES string of the molecule is Cc1cc(NC(=O)C(C)SCC(=O)Nc2ccccc2OCC(F)(F)F)no1. The number of aromatic nitrogens is 1. The summed E-state index contributed by atoms with van der Waals surface area (Å²) < 4.78 is 46.5. The van der Waals surface area contributed by atoms with Crippen LogP contribution in [0.4, 0.5) is 24.7 Å². The molecule has 1 heterocycles. The molecule has 1 aromatic heterocycles. The third-order valence-electron chi connectivity index (χ3n) is 3.27. The quantitative estimate of drug-likeness (QED) is 0.682. The first-order valence-electron chi connectivity index (χ1n) is 8.08. The van der Waals surface area contributed by atoms with Crippen LogP contribution in [0.25, 0.3) is 0 Å². The third kappa shape index (κ3) is 7.14. The topological polar surface area (TPSA) is 93.5 Å². The van der Waals surface area contributed by atoms with E-state index in [0.29, 0.717) is 5.76 Å². The van der Waals surface area contributed by atoms with E-state index >= 15 is 0 Å². The van der Waals surface area contributed by atoms with Crippen molar-refractivity contribution in [1.29, 1.82) is 0 Å². The van der Waals surface area contributed by atoms with Crippen LogP contribution in [-0.4, -0.2) is 40.8 Å². The molecule has 0 aliphatic carbocycles. The average Bonchev–Trinajstić information content (AvgIpc) is 3.03. The van der Waals surface area contributed by atoms with Gasteiger partial charge in [0.15, 0.2) is 12.4 Å². The number of benzene rings is 1. The van der Waals surface area contributed by atoms with E-state index in [4.69, 9.17) is 9.26 Å². The number of thioether (sulfide) groups is 1. The van der Waals surface area contributed by atoms with Crippen molar-refractivity contribution in [2.75, 3.05) is 23.0 Å². The van der Waals surface area contributed by atoms with Crippen LogP contribution in [0.5, 0.6) is 5.75 Å². The van der Waals surface area contributed by atoms with Crippen molar-refractivity contribution < 1.29 is 32.0 Å². The summed E-state index contributed by atoms with van der Waals surface area (Å²) in [5.74, 6) is -0.202. The molecule has 0 aliphatic heterocycles. The molecule has 0 saturated heterocycles. The van der Waals surface area contributed by atoms with Gasteiger partial charge in [0, 0.05) is 6.07 Å². The van der Waals surface area contributed by atoms with Gasteiger partial charge in [-0.05, 0) is 26.0 Å². The van der Waals surface area contributed by atoms with Gasteiger partial charge in [0.05, 0.1) is 16.7 Å². The maximum absolute atomic E-state index is 12.3. The number of amides is 2. The molecule has 0 spiro atoms. The smallest absolute Gasteiger partial charge is 0.422 e. The molecule has 2 N–H and O–H groups in total. The standard InChI is InChI=1S/C17H18F3N3O4S/c1-10-7-14(23-27-10)22-16(25)11(2)28-8-15(24)21-12-5-3-4-6-13(12)26-9-17(18,19)20/h3-7,11H,8-9H2,1-2H3,(H,21,24)(H,22,23,25). The Morgan fingerprint density at radius 3 is 2.64 bits per heavy atom. The molecule has 11 heteroatoms. The van der Waals surface area contributed by atoms with Crippen LogP contribution in [0.3, 0.4) is 0 Å². The molecule has 0 fully saturated rings. The molecule has 0 bridgehead atoms. The van der Waals surface area contributed by atoms with Gasteiger partial charge in [-0.1, -0.05) is 17.3 Å². The zero-order valence-electron chi connectivity index (χ0n) is 15.0. The van der Waals surface area contributed by atoms with E-state index in [0.717, 1.165) is 11.8 Å². The number of carbonyl (C=O) groups excluding carboxylic acids is 2. The second kappa shape index (κ2) is 9.49. The van der Waals surface area contributed by atoms with E-state index in [2.05, 4.69) is 15.8 Å². The van der Waals surface area contributed by atoms with Crippen LogP contribution in [0, 0.1) is 6.92 Å². The lowest BCUT2D eigenvalue weighted by Crippen LogP contribution is -2.25. The summed E-state index contributed by atoms with van der Waals surface area (Å²) in [6.07, 6.45) is -4.49. The molecule has 0 saturated carbocycles. The second-order valence-electron chi connectivity index (χ2n) is 5.71. The molecule has 2 amide bonds. The monoisotopic (exact) mass is 417 g/mol. The number of aryl methyl sites for hydroxylation is 1. The highest BCUT2D eigenvalue weighted by Gasteiger charge is 2.29. The first-order valence-corrected chi connectivity index (χ1v) is 9.13. The normalized spacial score (nSPS) is 12.3. The highest BCUT2D eigenvalue weighted by molar-refractivity contribution is 8.01. The van der Waals surface area contributed by atoms with Gasteiger partial charge in [-0.15, -0.1) is 11.8 Å². The number of hydrogen-bond acceptors (Lipinski definition) is 6. The molecule has 152 valence electrons. The third-order valence-corrected chi connectivity index (χ3v) is 4.41. The van der Waals surface area contributed by atoms with Gasteiger partial charge < -0.3 is 19.9 Å². The summed E-state index contributed by atoms with van der Waals surface area (Å²) in [6, 6.07) is 7.36. The van der Waals surface area contributed by atoms with Crippen LogP contribution < -0.4 is 15.4 Å². The fourth-order valence-electron chi connectivity index (χ4n) is 1.97. The molecular weight excluding hydrogens is 399 g/mol. The number of ether oxygens (including phenoxy) is 1. The molecule has 1 atom stereocenters. The van der Waals surface area contributed by atoms with Crippen LogP contribution in [-0.2, 0) is 9.59 Å². The number of rotatable bonds is 8. The number of halogens is 3. The molecule has 2 rings (SSSR count). The lowest BCUT2D eigenvalue weighted by molar-refractivity contribution is -0.153. The predicted octanol–water partition coefficient (Wildman–Crippen LogP) is 3.62. The number of anilines is 2. The summed E-state index contributed by atoms with van der Waals surface area (Å²) >= 11 is 1.06. The van der Waals surface area contributed by atoms with Crippen molar-refractivity contribution in [2.45, 2.75) is 25.3 Å². The zero-order valence-corrected chi connectivity index (χ0v) is 15.8. The molecule has 1 aromatic carbocycles. The fraction of sp³-hybridized carbons (Fsp3) is 0.353. The second-order valence-corrected chi connectivity index (χ2v) is 7.04. The van der Waals surface area contributed by atoms with Gasteiger partial charge in [-0.25, -0.2) is 0 Å². The van der Waals surface area contributed by atoms with E-state index in [1.54, 1.807) is 26.0 Å². The number of nitrogens with zero attached hydrogens (tertiary/aromatic N) is 1. The average molecular weight is 417 g/mol. The molecule has 0 radical (unpaired) electrons. The van der Waals surface area contributed by atoms with Gasteiger partial charge in [-0.2, -0.15) is 13.2 Å². The minimum Gasteiger partial charge on any atom is -0.482 e. The van der Waals surface area contributed by atoms with E-state index in [-0.39, 0.29) is 28.9 Å². The van der Waals surface area contributed by atoms with E-state index in [1.807, 2.05) is 0 Å². The van der Waals surface area contributed by atoms with Crippen molar-refractivity contribution in [1.82, 2.24) is 5.16 Å². The Morgan fingerprint density at radius 2 is 2.00 bits per heavy atom. The molecule has 0 aliphatic rings. The Bertz CT molecular complexity index is 826. The first kappa shape index (κ1) is 21.6. The van der Waals surface area contributed by atoms with Gasteiger partial charge in [0.1, 0.15) is 11.5 Å². The summed E-state index contributed by atoms with van der Waals surface area (Å²) in [6.45, 7) is 1.83. The van der Waals surface area contributed by atoms with Gasteiger partial charge in [-0.3, -0.25) is 9.59 Å². The summed E-state index contributed by atoms with van der Waals surface area (Å²) in [5.41, 5.74) is 0.118. The van der Waals surface area contributed by atoms with Gasteiger partial charge in [0.25, 0.3) is 0 Å². The maximum atomic E-state index is 12.3. The van der Waals surface area contributed by atoms with Gasteiger partial charge in [0.2, 0.25) is 11.8 Å². The molecule has 2 aromatic rings. The number of alkyl halides is 3. The highest BCUT2D eigenvalue weighted by atomic mass is 32.2. The zero-order chi connectivity index (χ0) is 20.7. The lowest BCUT2D eigenvalue weighted by Gasteiger charge is -2.14. The van der Waals surface area contributed by atoms with E-state index in [1.165, 1.54) is 18.2 Å². The minimum atomic E-state index is -4.49. The van der Waals surface area contributed by atoms with Crippen molar-refractivity contribution in [3.05, 3.63) is 36.1 Å². The van der Waals surface area contributed by atoms with Crippen molar-refractivity contribution >= 4 is 35.1 Å². The van der Waals surface area contributed by atoms with E-state index < -0.39 is 23.9 Å². The first-order chi connectivity index (χ1) is 13.1.